The lowest BCUT2D eigenvalue weighted by Crippen LogP contribution is -2.68. The zero-order valence-corrected chi connectivity index (χ0v) is 14.0. The van der Waals surface area contributed by atoms with E-state index in [0.29, 0.717) is 17.1 Å². The highest BCUT2D eigenvalue weighted by Crippen LogP contribution is 2.40. The fourth-order valence-corrected chi connectivity index (χ4v) is 4.01. The van der Waals surface area contributed by atoms with E-state index in [2.05, 4.69) is 6.58 Å². The molecule has 24 heavy (non-hydrogen) atoms. The van der Waals surface area contributed by atoms with Gasteiger partial charge in [0.25, 0.3) is 0 Å². The lowest BCUT2D eigenvalue weighted by molar-refractivity contribution is -0.151. The van der Waals surface area contributed by atoms with E-state index in [1.165, 1.54) is 16.7 Å². The summed E-state index contributed by atoms with van der Waals surface area (Å²) in [6, 6.07) is 6.72. The van der Waals surface area contributed by atoms with Crippen molar-refractivity contribution in [3.8, 4) is 5.75 Å². The minimum Gasteiger partial charge on any atom is -0.496 e. The van der Waals surface area contributed by atoms with Gasteiger partial charge in [0.05, 0.1) is 7.11 Å². The predicted octanol–water partition coefficient (Wildman–Crippen LogP) is 1.42. The Balaban J connectivity index is 1.79. The molecule has 0 radical (unpaired) electrons. The SMILES string of the molecule is C=CC1=C(C(=O)OCc2ccccc2OC)N2C(=O)C(N)[C@H]2SC1. The van der Waals surface area contributed by atoms with Gasteiger partial charge in [-0.2, -0.15) is 0 Å². The zero-order valence-electron chi connectivity index (χ0n) is 13.2. The fraction of sp³-hybridized carbons (Fsp3) is 0.294. The van der Waals surface area contributed by atoms with Gasteiger partial charge in [-0.1, -0.05) is 30.9 Å². The standard InChI is InChI=1S/C17H18N2O4S/c1-3-10-9-24-16-13(18)15(20)19(16)14(10)17(21)23-8-11-6-4-5-7-12(11)22-2/h3-7,13,16H,1,8-9,18H2,2H3/t13?,16-/m1/s1. The number of carbonyl (C=O) groups is 2. The van der Waals surface area contributed by atoms with Crippen molar-refractivity contribution < 1.29 is 19.1 Å². The molecule has 2 aliphatic rings. The van der Waals surface area contributed by atoms with Crippen LogP contribution in [0.15, 0.2) is 48.2 Å². The molecule has 2 heterocycles. The molecule has 1 unspecified atom stereocenters. The first-order chi connectivity index (χ1) is 11.6. The molecule has 1 amide bonds. The molecule has 2 atom stereocenters. The van der Waals surface area contributed by atoms with Crippen LogP contribution in [-0.2, 0) is 20.9 Å². The molecule has 0 bridgehead atoms. The van der Waals surface area contributed by atoms with Crippen molar-refractivity contribution in [2.45, 2.75) is 18.0 Å². The van der Waals surface area contributed by atoms with Crippen LogP contribution in [0, 0.1) is 0 Å². The van der Waals surface area contributed by atoms with Crippen LogP contribution >= 0.6 is 11.8 Å². The number of nitrogens with zero attached hydrogens (tertiary/aromatic N) is 1. The van der Waals surface area contributed by atoms with Crippen molar-refractivity contribution in [1.29, 1.82) is 0 Å². The van der Waals surface area contributed by atoms with Crippen LogP contribution in [0.25, 0.3) is 0 Å². The van der Waals surface area contributed by atoms with Gasteiger partial charge in [-0.3, -0.25) is 9.69 Å². The largest absolute Gasteiger partial charge is 0.496 e. The number of carbonyl (C=O) groups excluding carboxylic acids is 2. The first kappa shape index (κ1) is 16.6. The number of β-lactam (4-membered cyclic amide) rings is 1. The number of hydrogen-bond donors (Lipinski definition) is 1. The lowest BCUT2D eigenvalue weighted by Gasteiger charge is -2.48. The van der Waals surface area contributed by atoms with Gasteiger partial charge in [0.15, 0.2) is 0 Å². The first-order valence-corrected chi connectivity index (χ1v) is 8.48. The number of fused-ring (bicyclic) bond motifs is 1. The van der Waals surface area contributed by atoms with Crippen LogP contribution in [0.2, 0.25) is 0 Å². The first-order valence-electron chi connectivity index (χ1n) is 7.43. The number of ether oxygens (including phenoxy) is 2. The Bertz CT molecular complexity index is 731. The second-order valence-corrected chi connectivity index (χ2v) is 6.51. The van der Waals surface area contributed by atoms with E-state index >= 15 is 0 Å². The molecule has 1 fully saturated rings. The van der Waals surface area contributed by atoms with E-state index in [1.54, 1.807) is 19.3 Å². The van der Waals surface area contributed by atoms with Crippen LogP contribution in [-0.4, -0.2) is 41.1 Å². The third-order valence-electron chi connectivity index (χ3n) is 4.03. The number of amides is 1. The van der Waals surface area contributed by atoms with E-state index in [4.69, 9.17) is 15.2 Å². The third-order valence-corrected chi connectivity index (χ3v) is 5.35. The maximum Gasteiger partial charge on any atom is 0.355 e. The van der Waals surface area contributed by atoms with Crippen LogP contribution in [0.1, 0.15) is 5.56 Å². The number of methoxy groups -OCH3 is 1. The van der Waals surface area contributed by atoms with Crippen molar-refractivity contribution in [3.05, 3.63) is 53.8 Å². The highest BCUT2D eigenvalue weighted by Gasteiger charge is 2.51. The second kappa shape index (κ2) is 6.70. The van der Waals surface area contributed by atoms with Gasteiger partial charge in [0, 0.05) is 11.3 Å². The number of benzene rings is 1. The Morgan fingerprint density at radius 1 is 1.50 bits per heavy atom. The topological polar surface area (TPSA) is 81.9 Å². The average Bonchev–Trinajstić information content (AvgIpc) is 2.64. The zero-order chi connectivity index (χ0) is 17.3. The highest BCUT2D eigenvalue weighted by atomic mass is 32.2. The minimum atomic E-state index is -0.571. The van der Waals surface area contributed by atoms with E-state index in [-0.39, 0.29) is 23.6 Å². The number of rotatable bonds is 5. The molecule has 1 aromatic rings. The van der Waals surface area contributed by atoms with Crippen LogP contribution in [0.3, 0.4) is 0 Å². The summed E-state index contributed by atoms with van der Waals surface area (Å²) in [5.41, 5.74) is 7.48. The molecule has 0 saturated carbocycles. The summed E-state index contributed by atoms with van der Waals surface area (Å²) in [7, 11) is 1.56. The van der Waals surface area contributed by atoms with Gasteiger partial charge in [-0.15, -0.1) is 11.8 Å². The summed E-state index contributed by atoms with van der Waals surface area (Å²) in [5.74, 6) is 0.393. The minimum absolute atomic E-state index is 0.0582. The molecule has 1 aromatic carbocycles. The van der Waals surface area contributed by atoms with Crippen molar-refractivity contribution in [3.63, 3.8) is 0 Å². The Kier molecular flexibility index (Phi) is 4.64. The van der Waals surface area contributed by atoms with E-state index in [9.17, 15) is 9.59 Å². The van der Waals surface area contributed by atoms with Crippen LogP contribution in [0.4, 0.5) is 0 Å². The molecule has 6 nitrogen and oxygen atoms in total. The number of esters is 1. The number of hydrogen-bond acceptors (Lipinski definition) is 6. The van der Waals surface area contributed by atoms with Crippen LogP contribution < -0.4 is 10.5 Å². The maximum absolute atomic E-state index is 12.6. The number of para-hydroxylation sites is 1. The molecule has 0 aliphatic carbocycles. The maximum atomic E-state index is 12.6. The molecule has 0 aromatic heterocycles. The molecular weight excluding hydrogens is 328 g/mol. The van der Waals surface area contributed by atoms with Gasteiger partial charge in [0.2, 0.25) is 5.91 Å². The lowest BCUT2D eigenvalue weighted by atomic mass is 10.0. The van der Waals surface area contributed by atoms with Crippen LogP contribution in [0.5, 0.6) is 5.75 Å². The second-order valence-electron chi connectivity index (χ2n) is 5.40. The summed E-state index contributed by atoms with van der Waals surface area (Å²) in [4.78, 5) is 26.0. The summed E-state index contributed by atoms with van der Waals surface area (Å²) < 4.78 is 10.7. The number of allylic oxidation sites excluding steroid dienone is 1. The summed E-state index contributed by atoms with van der Waals surface area (Å²) >= 11 is 1.52. The highest BCUT2D eigenvalue weighted by molar-refractivity contribution is 8.00. The van der Waals surface area contributed by atoms with Gasteiger partial charge < -0.3 is 15.2 Å². The summed E-state index contributed by atoms with van der Waals surface area (Å²) in [6.07, 6.45) is 1.58. The van der Waals surface area contributed by atoms with Crippen molar-refractivity contribution in [1.82, 2.24) is 4.90 Å². The monoisotopic (exact) mass is 346 g/mol. The van der Waals surface area contributed by atoms with Crippen molar-refractivity contribution in [2.24, 2.45) is 5.73 Å². The molecule has 7 heteroatoms. The Hall–Kier alpha value is -2.25. The van der Waals surface area contributed by atoms with Gasteiger partial charge in [-0.05, 0) is 11.6 Å². The van der Waals surface area contributed by atoms with E-state index in [1.807, 2.05) is 18.2 Å². The molecule has 3 rings (SSSR count). The molecule has 2 aliphatic heterocycles. The smallest absolute Gasteiger partial charge is 0.355 e. The normalized spacial score (nSPS) is 22.6. The molecule has 0 spiro atoms. The van der Waals surface area contributed by atoms with Gasteiger partial charge in [-0.25, -0.2) is 4.79 Å². The Morgan fingerprint density at radius 3 is 2.96 bits per heavy atom. The Morgan fingerprint density at radius 2 is 2.25 bits per heavy atom. The quantitative estimate of drug-likeness (QED) is 0.641. The van der Waals surface area contributed by atoms with Crippen molar-refractivity contribution >= 4 is 23.6 Å². The predicted molar refractivity (Wildman–Crippen MR) is 91.1 cm³/mol. The van der Waals surface area contributed by atoms with Gasteiger partial charge in [0.1, 0.15) is 29.5 Å². The summed E-state index contributed by atoms with van der Waals surface area (Å²) in [6.45, 7) is 3.78. The molecule has 126 valence electrons. The average molecular weight is 346 g/mol. The summed E-state index contributed by atoms with van der Waals surface area (Å²) in [5, 5.41) is -0.213. The Labute approximate surface area is 144 Å². The number of nitrogens with two attached hydrogens (primary N) is 1. The van der Waals surface area contributed by atoms with Gasteiger partial charge >= 0.3 is 5.97 Å². The number of thioether (sulfide) groups is 1. The molecule has 2 N–H and O–H groups in total. The molecule has 1 saturated heterocycles. The van der Waals surface area contributed by atoms with E-state index < -0.39 is 12.0 Å². The fourth-order valence-electron chi connectivity index (χ4n) is 2.72. The van der Waals surface area contributed by atoms with E-state index in [0.717, 1.165) is 5.56 Å². The van der Waals surface area contributed by atoms with Crippen molar-refractivity contribution in [2.75, 3.05) is 12.9 Å². The molecular formula is C17H18N2O4S. The third kappa shape index (κ3) is 2.70.